The van der Waals surface area contributed by atoms with Crippen molar-refractivity contribution >= 4 is 28.4 Å². The van der Waals surface area contributed by atoms with Crippen LogP contribution in [-0.4, -0.2) is 29.4 Å². The van der Waals surface area contributed by atoms with Gasteiger partial charge in [-0.15, -0.1) is 0 Å². The zero-order valence-electron chi connectivity index (χ0n) is 12.0. The summed E-state index contributed by atoms with van der Waals surface area (Å²) < 4.78 is 0. The fraction of sp³-hybridized carbons (Fsp3) is 0.267. The summed E-state index contributed by atoms with van der Waals surface area (Å²) in [5, 5.41) is 7.51. The summed E-state index contributed by atoms with van der Waals surface area (Å²) in [6, 6.07) is 8.61. The molecule has 0 radical (unpaired) electrons. The zero-order valence-corrected chi connectivity index (χ0v) is 12.0. The molecule has 110 valence electrons. The molecular weight excluding hydrogens is 268 g/mol. The molecule has 2 rings (SSSR count). The summed E-state index contributed by atoms with van der Waals surface area (Å²) in [5.41, 5.74) is 5.39. The number of carbonyl (C=O) groups excluding carboxylic acids is 2. The Balaban J connectivity index is 2.40. The maximum Gasteiger partial charge on any atom is 0.270 e. The fourth-order valence-corrected chi connectivity index (χ4v) is 1.96. The van der Waals surface area contributed by atoms with Gasteiger partial charge >= 0.3 is 0 Å². The third-order valence-electron chi connectivity index (χ3n) is 3.09. The van der Waals surface area contributed by atoms with Gasteiger partial charge in [0, 0.05) is 11.9 Å². The molecule has 6 heteroatoms. The molecule has 0 aliphatic carbocycles. The van der Waals surface area contributed by atoms with Gasteiger partial charge in [-0.25, -0.2) is 4.98 Å². The molecule has 1 heterocycles. The standard InChI is InChI=1S/C15H18N4O2/c1-3-17-14-11-7-5-4-6-10(11)8-12(19-14)15(21)18-9(2)13(16)20/h4-9H,3H2,1-2H3,(H2,16,20)(H,17,19)(H,18,21). The van der Waals surface area contributed by atoms with Crippen molar-refractivity contribution in [2.24, 2.45) is 5.73 Å². The number of rotatable bonds is 5. The SMILES string of the molecule is CCNc1nc(C(=O)NC(C)C(N)=O)cc2ccccc12. The molecule has 21 heavy (non-hydrogen) atoms. The van der Waals surface area contributed by atoms with E-state index in [1.54, 1.807) is 6.07 Å². The summed E-state index contributed by atoms with van der Waals surface area (Å²) in [4.78, 5) is 27.5. The van der Waals surface area contributed by atoms with E-state index in [0.717, 1.165) is 10.8 Å². The molecule has 0 aliphatic heterocycles. The van der Waals surface area contributed by atoms with Crippen molar-refractivity contribution in [2.45, 2.75) is 19.9 Å². The highest BCUT2D eigenvalue weighted by atomic mass is 16.2. The van der Waals surface area contributed by atoms with Gasteiger partial charge in [-0.1, -0.05) is 24.3 Å². The van der Waals surface area contributed by atoms with Gasteiger partial charge in [0.1, 0.15) is 17.6 Å². The molecule has 2 amide bonds. The molecule has 1 atom stereocenters. The highest BCUT2D eigenvalue weighted by molar-refractivity contribution is 6.01. The molecule has 0 aliphatic rings. The number of nitrogens with one attached hydrogen (secondary N) is 2. The molecule has 6 nitrogen and oxygen atoms in total. The van der Waals surface area contributed by atoms with Crippen molar-refractivity contribution in [1.82, 2.24) is 10.3 Å². The average Bonchev–Trinajstić information content (AvgIpc) is 2.47. The highest BCUT2D eigenvalue weighted by Crippen LogP contribution is 2.22. The number of nitrogens with zero attached hydrogens (tertiary/aromatic N) is 1. The van der Waals surface area contributed by atoms with Crippen LogP contribution in [0.4, 0.5) is 5.82 Å². The molecule has 1 aromatic heterocycles. The van der Waals surface area contributed by atoms with Crippen molar-refractivity contribution in [3.05, 3.63) is 36.0 Å². The number of aromatic nitrogens is 1. The van der Waals surface area contributed by atoms with E-state index < -0.39 is 17.9 Å². The lowest BCUT2D eigenvalue weighted by molar-refractivity contribution is -0.119. The zero-order chi connectivity index (χ0) is 15.4. The summed E-state index contributed by atoms with van der Waals surface area (Å²) in [7, 11) is 0. The van der Waals surface area contributed by atoms with Crippen molar-refractivity contribution in [2.75, 3.05) is 11.9 Å². The van der Waals surface area contributed by atoms with Crippen molar-refractivity contribution < 1.29 is 9.59 Å². The third kappa shape index (κ3) is 3.28. The van der Waals surface area contributed by atoms with Crippen LogP contribution in [-0.2, 0) is 4.79 Å². The minimum Gasteiger partial charge on any atom is -0.370 e. The van der Waals surface area contributed by atoms with Crippen molar-refractivity contribution in [3.63, 3.8) is 0 Å². The largest absolute Gasteiger partial charge is 0.370 e. The van der Waals surface area contributed by atoms with Gasteiger partial charge < -0.3 is 16.4 Å². The maximum absolute atomic E-state index is 12.2. The summed E-state index contributed by atoms with van der Waals surface area (Å²) in [6.45, 7) is 4.19. The molecule has 0 spiro atoms. The van der Waals surface area contributed by atoms with E-state index in [9.17, 15) is 9.59 Å². The van der Waals surface area contributed by atoms with Crippen LogP contribution in [0, 0.1) is 0 Å². The lowest BCUT2D eigenvalue weighted by Gasteiger charge is -2.12. The number of benzene rings is 1. The summed E-state index contributed by atoms with van der Waals surface area (Å²) >= 11 is 0. The topological polar surface area (TPSA) is 97.1 Å². The van der Waals surface area contributed by atoms with Crippen LogP contribution in [0.25, 0.3) is 10.8 Å². The van der Waals surface area contributed by atoms with Gasteiger partial charge in [-0.2, -0.15) is 0 Å². The Morgan fingerprint density at radius 3 is 2.71 bits per heavy atom. The number of carbonyl (C=O) groups is 2. The predicted octanol–water partition coefficient (Wildman–Crippen LogP) is 1.27. The second-order valence-electron chi connectivity index (χ2n) is 4.71. The van der Waals surface area contributed by atoms with Gasteiger partial charge in [0.05, 0.1) is 0 Å². The number of primary amides is 1. The van der Waals surface area contributed by atoms with Gasteiger partial charge in [-0.3, -0.25) is 9.59 Å². The first-order chi connectivity index (χ1) is 10.0. The van der Waals surface area contributed by atoms with E-state index in [4.69, 9.17) is 5.73 Å². The molecule has 2 aromatic rings. The minimum atomic E-state index is -0.742. The third-order valence-corrected chi connectivity index (χ3v) is 3.09. The Labute approximate surface area is 122 Å². The lowest BCUT2D eigenvalue weighted by atomic mass is 10.1. The molecule has 0 bridgehead atoms. The number of hydrogen-bond donors (Lipinski definition) is 3. The number of anilines is 1. The molecule has 0 saturated heterocycles. The molecule has 1 unspecified atom stereocenters. The van der Waals surface area contributed by atoms with Gasteiger partial charge in [-0.05, 0) is 25.3 Å². The van der Waals surface area contributed by atoms with E-state index in [0.29, 0.717) is 12.4 Å². The van der Waals surface area contributed by atoms with Crippen LogP contribution < -0.4 is 16.4 Å². The quantitative estimate of drug-likeness (QED) is 0.771. The first-order valence-electron chi connectivity index (χ1n) is 6.76. The number of pyridine rings is 1. The van der Waals surface area contributed by atoms with Crippen molar-refractivity contribution in [3.8, 4) is 0 Å². The number of nitrogens with two attached hydrogens (primary N) is 1. The van der Waals surface area contributed by atoms with Gasteiger partial charge in [0.2, 0.25) is 5.91 Å². The number of amides is 2. The Morgan fingerprint density at radius 2 is 2.05 bits per heavy atom. The first-order valence-corrected chi connectivity index (χ1v) is 6.76. The lowest BCUT2D eigenvalue weighted by Crippen LogP contribution is -2.42. The molecule has 4 N–H and O–H groups in total. The highest BCUT2D eigenvalue weighted by Gasteiger charge is 2.16. The molecular formula is C15H18N4O2. The van der Waals surface area contributed by atoms with Crippen molar-refractivity contribution in [1.29, 1.82) is 0 Å². The maximum atomic E-state index is 12.2. The first kappa shape index (κ1) is 14.8. The predicted molar refractivity (Wildman–Crippen MR) is 82.0 cm³/mol. The Morgan fingerprint density at radius 1 is 1.33 bits per heavy atom. The van der Waals surface area contributed by atoms with Gasteiger partial charge in [0.25, 0.3) is 5.91 Å². The Hall–Kier alpha value is -2.63. The van der Waals surface area contributed by atoms with Crippen LogP contribution in [0.2, 0.25) is 0 Å². The van der Waals surface area contributed by atoms with E-state index >= 15 is 0 Å². The Bertz CT molecular complexity index is 684. The molecule has 0 saturated carbocycles. The van der Waals surface area contributed by atoms with E-state index in [2.05, 4.69) is 15.6 Å². The number of hydrogen-bond acceptors (Lipinski definition) is 4. The molecule has 0 fully saturated rings. The van der Waals surface area contributed by atoms with E-state index in [1.165, 1.54) is 6.92 Å². The second kappa shape index (κ2) is 6.21. The summed E-state index contributed by atoms with van der Waals surface area (Å²) in [5.74, 6) is -0.366. The van der Waals surface area contributed by atoms with Crippen LogP contribution in [0.3, 0.4) is 0 Å². The molecule has 1 aromatic carbocycles. The van der Waals surface area contributed by atoms with E-state index in [-0.39, 0.29) is 5.69 Å². The fourth-order valence-electron chi connectivity index (χ4n) is 1.96. The smallest absolute Gasteiger partial charge is 0.270 e. The van der Waals surface area contributed by atoms with E-state index in [1.807, 2.05) is 31.2 Å². The van der Waals surface area contributed by atoms with Crippen LogP contribution in [0.1, 0.15) is 24.3 Å². The average molecular weight is 286 g/mol. The minimum absolute atomic E-state index is 0.248. The second-order valence-corrected chi connectivity index (χ2v) is 4.71. The van der Waals surface area contributed by atoms with Crippen LogP contribution in [0.15, 0.2) is 30.3 Å². The van der Waals surface area contributed by atoms with Crippen LogP contribution >= 0.6 is 0 Å². The monoisotopic (exact) mass is 286 g/mol. The van der Waals surface area contributed by atoms with Crippen LogP contribution in [0.5, 0.6) is 0 Å². The number of fused-ring (bicyclic) bond motifs is 1. The van der Waals surface area contributed by atoms with Gasteiger partial charge in [0.15, 0.2) is 0 Å². The Kier molecular flexibility index (Phi) is 4.37. The normalized spacial score (nSPS) is 11.9. The summed E-state index contributed by atoms with van der Waals surface area (Å²) in [6.07, 6.45) is 0.